The lowest BCUT2D eigenvalue weighted by Gasteiger charge is -2.27. The smallest absolute Gasteiger partial charge is 0.224 e. The third kappa shape index (κ3) is 6.66. The first-order chi connectivity index (χ1) is 12.2. The maximum Gasteiger partial charge on any atom is 0.224 e. The van der Waals surface area contributed by atoms with E-state index in [0.717, 1.165) is 58.2 Å². The number of rotatable bonds is 9. The number of amides is 1. The van der Waals surface area contributed by atoms with E-state index >= 15 is 0 Å². The molecule has 7 heteroatoms. The van der Waals surface area contributed by atoms with E-state index in [9.17, 15) is 4.79 Å². The number of nitrogens with zero attached hydrogens (tertiary/aromatic N) is 2. The molecule has 0 saturated heterocycles. The van der Waals surface area contributed by atoms with Gasteiger partial charge in [0.05, 0.1) is 0 Å². The molecule has 0 atom stereocenters. The molecule has 0 unspecified atom stereocenters. The van der Waals surface area contributed by atoms with Crippen molar-refractivity contribution in [2.75, 3.05) is 39.4 Å². The second kappa shape index (κ2) is 11.1. The van der Waals surface area contributed by atoms with Gasteiger partial charge in [-0.1, -0.05) is 0 Å². The van der Waals surface area contributed by atoms with Gasteiger partial charge in [-0.05, 0) is 43.7 Å². The number of fused-ring (bicyclic) bond motifs is 1. The van der Waals surface area contributed by atoms with Gasteiger partial charge in [0.15, 0.2) is 5.96 Å². The maximum atomic E-state index is 12.4. The van der Waals surface area contributed by atoms with Crippen molar-refractivity contribution in [3.05, 3.63) is 21.9 Å². The molecule has 1 aromatic heterocycles. The predicted octanol–water partition coefficient (Wildman–Crippen LogP) is 2.00. The number of nitrogens with one attached hydrogen (secondary N) is 2. The molecule has 0 spiro atoms. The molecule has 1 amide bonds. The molecule has 0 aromatic carbocycles. The Kier molecular flexibility index (Phi) is 8.76. The highest BCUT2D eigenvalue weighted by Crippen LogP contribution is 2.24. The second-order valence-electron chi connectivity index (χ2n) is 5.92. The summed E-state index contributed by atoms with van der Waals surface area (Å²) in [6, 6.07) is 2.13. The minimum atomic E-state index is 0.205. The Morgan fingerprint density at radius 3 is 3.08 bits per heavy atom. The normalized spacial score (nSPS) is 14.3. The Labute approximate surface area is 154 Å². The van der Waals surface area contributed by atoms with E-state index < -0.39 is 0 Å². The first-order valence-electron chi connectivity index (χ1n) is 9.17. The molecule has 0 fully saturated rings. The lowest BCUT2D eigenvalue weighted by Crippen LogP contribution is -2.41. The van der Waals surface area contributed by atoms with Gasteiger partial charge in [-0.3, -0.25) is 9.79 Å². The SMILES string of the molecule is CCNC(=NCCCOCC)NCCC(=O)N1CCc2sccc2C1. The van der Waals surface area contributed by atoms with Crippen LogP contribution in [0.1, 0.15) is 37.1 Å². The molecule has 140 valence electrons. The molecule has 6 nitrogen and oxygen atoms in total. The highest BCUT2D eigenvalue weighted by molar-refractivity contribution is 7.10. The summed E-state index contributed by atoms with van der Waals surface area (Å²) >= 11 is 1.80. The largest absolute Gasteiger partial charge is 0.382 e. The fraction of sp³-hybridized carbons (Fsp3) is 0.667. The van der Waals surface area contributed by atoms with Crippen molar-refractivity contribution in [1.82, 2.24) is 15.5 Å². The van der Waals surface area contributed by atoms with Crippen molar-refractivity contribution in [2.24, 2.45) is 4.99 Å². The number of carbonyl (C=O) groups excluding carboxylic acids is 1. The number of hydrogen-bond donors (Lipinski definition) is 2. The highest BCUT2D eigenvalue weighted by atomic mass is 32.1. The fourth-order valence-corrected chi connectivity index (χ4v) is 3.64. The maximum absolute atomic E-state index is 12.4. The van der Waals surface area contributed by atoms with Crippen LogP contribution in [0.4, 0.5) is 0 Å². The van der Waals surface area contributed by atoms with Crippen LogP contribution >= 0.6 is 11.3 Å². The Balaban J connectivity index is 1.70. The van der Waals surface area contributed by atoms with Crippen LogP contribution in [0.5, 0.6) is 0 Å². The third-order valence-electron chi connectivity index (χ3n) is 4.06. The van der Waals surface area contributed by atoms with E-state index in [1.165, 1.54) is 10.4 Å². The van der Waals surface area contributed by atoms with Crippen LogP contribution < -0.4 is 10.6 Å². The Morgan fingerprint density at radius 2 is 2.28 bits per heavy atom. The number of hydrogen-bond acceptors (Lipinski definition) is 4. The van der Waals surface area contributed by atoms with Gasteiger partial charge in [0.2, 0.25) is 5.91 Å². The number of guanidine groups is 1. The Morgan fingerprint density at radius 1 is 1.40 bits per heavy atom. The first-order valence-corrected chi connectivity index (χ1v) is 10.1. The van der Waals surface area contributed by atoms with Crippen molar-refractivity contribution in [2.45, 2.75) is 39.7 Å². The molecule has 1 aliphatic heterocycles. The van der Waals surface area contributed by atoms with E-state index in [2.05, 4.69) is 27.1 Å². The summed E-state index contributed by atoms with van der Waals surface area (Å²) in [5.74, 6) is 0.974. The highest BCUT2D eigenvalue weighted by Gasteiger charge is 2.20. The third-order valence-corrected chi connectivity index (χ3v) is 5.08. The van der Waals surface area contributed by atoms with E-state index in [0.29, 0.717) is 13.0 Å². The van der Waals surface area contributed by atoms with Crippen LogP contribution in [0.2, 0.25) is 0 Å². The molecule has 0 aliphatic carbocycles. The zero-order valence-electron chi connectivity index (χ0n) is 15.3. The first kappa shape index (κ1) is 19.7. The average Bonchev–Trinajstić information content (AvgIpc) is 3.09. The van der Waals surface area contributed by atoms with Gasteiger partial charge in [0.25, 0.3) is 0 Å². The fourth-order valence-electron chi connectivity index (χ4n) is 2.75. The number of aliphatic imine (C=N–C) groups is 1. The molecule has 25 heavy (non-hydrogen) atoms. The van der Waals surface area contributed by atoms with Gasteiger partial charge in [0.1, 0.15) is 0 Å². The topological polar surface area (TPSA) is 66.0 Å². The van der Waals surface area contributed by atoms with Crippen LogP contribution in [0.15, 0.2) is 16.4 Å². The molecular weight excluding hydrogens is 336 g/mol. The monoisotopic (exact) mass is 366 g/mol. The summed E-state index contributed by atoms with van der Waals surface area (Å²) in [5, 5.41) is 8.58. The zero-order chi connectivity index (χ0) is 17.9. The Hall–Kier alpha value is -1.60. The second-order valence-corrected chi connectivity index (χ2v) is 6.92. The number of thiophene rings is 1. The summed E-state index contributed by atoms with van der Waals surface area (Å²) < 4.78 is 5.31. The van der Waals surface area contributed by atoms with Crippen molar-refractivity contribution < 1.29 is 9.53 Å². The molecule has 1 aromatic rings. The molecule has 2 N–H and O–H groups in total. The van der Waals surface area contributed by atoms with Crippen LogP contribution in [-0.2, 0) is 22.5 Å². The van der Waals surface area contributed by atoms with Gasteiger partial charge < -0.3 is 20.3 Å². The molecule has 2 heterocycles. The van der Waals surface area contributed by atoms with Crippen molar-refractivity contribution in [3.8, 4) is 0 Å². The summed E-state index contributed by atoms with van der Waals surface area (Å²) in [7, 11) is 0. The van der Waals surface area contributed by atoms with E-state index in [-0.39, 0.29) is 5.91 Å². The number of carbonyl (C=O) groups is 1. The average molecular weight is 367 g/mol. The quantitative estimate of drug-likeness (QED) is 0.399. The summed E-state index contributed by atoms with van der Waals surface area (Å²) in [4.78, 5) is 20.3. The van der Waals surface area contributed by atoms with Crippen LogP contribution in [0, 0.1) is 0 Å². The van der Waals surface area contributed by atoms with Crippen molar-refractivity contribution in [3.63, 3.8) is 0 Å². The van der Waals surface area contributed by atoms with E-state index in [4.69, 9.17) is 4.74 Å². The molecule has 1 aliphatic rings. The van der Waals surface area contributed by atoms with E-state index in [1.54, 1.807) is 11.3 Å². The minimum absolute atomic E-state index is 0.205. The van der Waals surface area contributed by atoms with E-state index in [1.807, 2.05) is 18.7 Å². The van der Waals surface area contributed by atoms with Crippen molar-refractivity contribution in [1.29, 1.82) is 0 Å². The van der Waals surface area contributed by atoms with Crippen LogP contribution in [0.25, 0.3) is 0 Å². The molecule has 2 rings (SSSR count). The minimum Gasteiger partial charge on any atom is -0.382 e. The number of ether oxygens (including phenoxy) is 1. The molecule has 0 bridgehead atoms. The van der Waals surface area contributed by atoms with Crippen LogP contribution in [0.3, 0.4) is 0 Å². The van der Waals surface area contributed by atoms with Gasteiger partial charge in [-0.25, -0.2) is 0 Å². The van der Waals surface area contributed by atoms with Gasteiger partial charge in [-0.15, -0.1) is 11.3 Å². The zero-order valence-corrected chi connectivity index (χ0v) is 16.2. The predicted molar refractivity (Wildman–Crippen MR) is 103 cm³/mol. The van der Waals surface area contributed by atoms with Crippen molar-refractivity contribution >= 4 is 23.2 Å². The summed E-state index contributed by atoms with van der Waals surface area (Å²) in [6.07, 6.45) is 2.37. The Bertz CT molecular complexity index is 559. The molecule has 0 radical (unpaired) electrons. The lowest BCUT2D eigenvalue weighted by molar-refractivity contribution is -0.131. The standard InChI is InChI=1S/C18H30N4O2S/c1-3-19-18(20-9-5-12-24-4-2)21-10-6-17(23)22-11-7-16-15(14-22)8-13-25-16/h8,13H,3-7,9-12,14H2,1-2H3,(H2,19,20,21). The molecular formula is C18H30N4O2S. The molecule has 0 saturated carbocycles. The summed E-state index contributed by atoms with van der Waals surface area (Å²) in [6.45, 7) is 9.21. The van der Waals surface area contributed by atoms with Gasteiger partial charge in [0, 0.05) is 57.2 Å². The van der Waals surface area contributed by atoms with Gasteiger partial charge in [-0.2, -0.15) is 0 Å². The van der Waals surface area contributed by atoms with Crippen LogP contribution in [-0.4, -0.2) is 56.2 Å². The summed E-state index contributed by atoms with van der Waals surface area (Å²) in [5.41, 5.74) is 1.31. The lowest BCUT2D eigenvalue weighted by atomic mass is 10.1. The van der Waals surface area contributed by atoms with Gasteiger partial charge >= 0.3 is 0 Å².